The van der Waals surface area contributed by atoms with Crippen LogP contribution >= 0.6 is 11.8 Å². The summed E-state index contributed by atoms with van der Waals surface area (Å²) in [7, 11) is 0. The zero-order chi connectivity index (χ0) is 21.6. The molecule has 31 heavy (non-hydrogen) atoms. The number of amides is 1. The van der Waals surface area contributed by atoms with Crippen LogP contribution in [0.2, 0.25) is 0 Å². The lowest BCUT2D eigenvalue weighted by Gasteiger charge is -2.30. The number of aromatic nitrogens is 2. The number of likely N-dealkylation sites (tertiary alicyclic amines) is 1. The average molecular weight is 437 g/mol. The summed E-state index contributed by atoms with van der Waals surface area (Å²) in [6.07, 6.45) is 1.65. The van der Waals surface area contributed by atoms with Crippen LogP contribution in [-0.4, -0.2) is 39.8 Å². The number of anilines is 1. The molecule has 2 heterocycles. The van der Waals surface area contributed by atoms with Crippen molar-refractivity contribution in [3.8, 4) is 11.4 Å². The maximum Gasteiger partial charge on any atom is 0.241 e. The first-order chi connectivity index (χ1) is 15.1. The summed E-state index contributed by atoms with van der Waals surface area (Å²) in [6, 6.07) is 16.1. The Hall–Kier alpha value is -2.64. The standard InChI is InChI=1S/C24H28N4O2S/c1-3-31-21-10-5-4-9-20(21)25-24(29)18-11-13-28(14-12-18)16-22-26-23(27-30-22)19-8-6-7-17(2)15-19/h4-10,15,18H,3,11-14,16H2,1-2H3,(H,25,29). The van der Waals surface area contributed by atoms with E-state index in [9.17, 15) is 4.79 Å². The predicted octanol–water partition coefficient (Wildman–Crippen LogP) is 5.01. The Balaban J connectivity index is 1.30. The minimum absolute atomic E-state index is 0.0291. The summed E-state index contributed by atoms with van der Waals surface area (Å²) in [5.41, 5.74) is 3.04. The van der Waals surface area contributed by atoms with E-state index in [1.54, 1.807) is 11.8 Å². The lowest BCUT2D eigenvalue weighted by Crippen LogP contribution is -2.37. The van der Waals surface area contributed by atoms with E-state index in [0.717, 1.165) is 47.8 Å². The van der Waals surface area contributed by atoms with Crippen molar-refractivity contribution in [2.75, 3.05) is 24.2 Å². The molecule has 2 aromatic carbocycles. The first-order valence-corrected chi connectivity index (χ1v) is 11.8. The van der Waals surface area contributed by atoms with Crippen LogP contribution in [-0.2, 0) is 11.3 Å². The molecule has 162 valence electrons. The van der Waals surface area contributed by atoms with Gasteiger partial charge in [-0.15, -0.1) is 11.8 Å². The van der Waals surface area contributed by atoms with E-state index in [2.05, 4.69) is 39.4 Å². The van der Waals surface area contributed by atoms with Gasteiger partial charge < -0.3 is 9.84 Å². The number of carbonyl (C=O) groups excluding carboxylic acids is 1. The molecule has 0 atom stereocenters. The van der Waals surface area contributed by atoms with Crippen LogP contribution in [0.25, 0.3) is 11.4 Å². The van der Waals surface area contributed by atoms with E-state index in [-0.39, 0.29) is 11.8 Å². The van der Waals surface area contributed by atoms with E-state index in [0.29, 0.717) is 18.3 Å². The van der Waals surface area contributed by atoms with Gasteiger partial charge in [0, 0.05) is 16.4 Å². The zero-order valence-electron chi connectivity index (χ0n) is 18.0. The van der Waals surface area contributed by atoms with Gasteiger partial charge in [0.1, 0.15) is 0 Å². The van der Waals surface area contributed by atoms with E-state index in [1.807, 2.05) is 43.3 Å². The van der Waals surface area contributed by atoms with Crippen molar-refractivity contribution in [2.24, 2.45) is 5.92 Å². The molecule has 0 bridgehead atoms. The van der Waals surface area contributed by atoms with Crippen LogP contribution in [0.4, 0.5) is 5.69 Å². The minimum atomic E-state index is 0.0291. The van der Waals surface area contributed by atoms with Crippen molar-refractivity contribution in [1.82, 2.24) is 15.0 Å². The summed E-state index contributed by atoms with van der Waals surface area (Å²) in [4.78, 5) is 20.7. The number of hydrogen-bond donors (Lipinski definition) is 1. The van der Waals surface area contributed by atoms with E-state index < -0.39 is 0 Å². The second kappa shape index (κ2) is 10.1. The third kappa shape index (κ3) is 5.54. The molecule has 1 N–H and O–H groups in total. The van der Waals surface area contributed by atoms with Gasteiger partial charge in [-0.25, -0.2) is 0 Å². The summed E-state index contributed by atoms with van der Waals surface area (Å²) in [5, 5.41) is 7.26. The van der Waals surface area contributed by atoms with Crippen LogP contribution in [0.3, 0.4) is 0 Å². The molecule has 1 amide bonds. The fourth-order valence-electron chi connectivity index (χ4n) is 3.85. The van der Waals surface area contributed by atoms with Gasteiger partial charge in [-0.05, 0) is 56.8 Å². The number of para-hydroxylation sites is 1. The monoisotopic (exact) mass is 436 g/mol. The Morgan fingerprint density at radius 3 is 2.77 bits per heavy atom. The largest absolute Gasteiger partial charge is 0.338 e. The number of aryl methyl sites for hydroxylation is 1. The summed E-state index contributed by atoms with van der Waals surface area (Å²) in [5.74, 6) is 2.36. The summed E-state index contributed by atoms with van der Waals surface area (Å²) < 4.78 is 5.47. The lowest BCUT2D eigenvalue weighted by atomic mass is 9.96. The molecule has 0 aliphatic carbocycles. The maximum atomic E-state index is 12.8. The highest BCUT2D eigenvalue weighted by atomic mass is 32.2. The highest BCUT2D eigenvalue weighted by molar-refractivity contribution is 7.99. The topological polar surface area (TPSA) is 71.3 Å². The maximum absolute atomic E-state index is 12.8. The van der Waals surface area contributed by atoms with E-state index >= 15 is 0 Å². The minimum Gasteiger partial charge on any atom is -0.338 e. The summed E-state index contributed by atoms with van der Waals surface area (Å²) in [6.45, 7) is 6.46. The molecule has 6 nitrogen and oxygen atoms in total. The molecule has 0 spiro atoms. The molecule has 0 radical (unpaired) electrons. The van der Waals surface area contributed by atoms with Gasteiger partial charge in [0.2, 0.25) is 17.6 Å². The number of carbonyl (C=O) groups is 1. The third-order valence-corrected chi connectivity index (χ3v) is 6.46. The Bertz CT molecular complexity index is 1030. The van der Waals surface area contributed by atoms with Crippen molar-refractivity contribution in [3.05, 3.63) is 60.0 Å². The molecule has 1 aliphatic heterocycles. The van der Waals surface area contributed by atoms with Crippen LogP contribution in [0.5, 0.6) is 0 Å². The number of piperidine rings is 1. The number of thioether (sulfide) groups is 1. The smallest absolute Gasteiger partial charge is 0.241 e. The van der Waals surface area contributed by atoms with Crippen LogP contribution in [0.1, 0.15) is 31.2 Å². The molecule has 1 saturated heterocycles. The van der Waals surface area contributed by atoms with Gasteiger partial charge in [0.25, 0.3) is 0 Å². The zero-order valence-corrected chi connectivity index (χ0v) is 18.8. The van der Waals surface area contributed by atoms with Crippen LogP contribution in [0.15, 0.2) is 57.9 Å². The Labute approximate surface area is 187 Å². The first-order valence-electron chi connectivity index (χ1n) is 10.8. The van der Waals surface area contributed by atoms with Gasteiger partial charge in [-0.3, -0.25) is 9.69 Å². The number of hydrogen-bond acceptors (Lipinski definition) is 6. The molecule has 7 heteroatoms. The van der Waals surface area contributed by atoms with Crippen LogP contribution in [0, 0.1) is 12.8 Å². The van der Waals surface area contributed by atoms with Crippen molar-refractivity contribution in [2.45, 2.75) is 38.1 Å². The SMILES string of the molecule is CCSc1ccccc1NC(=O)C1CCN(Cc2nc(-c3cccc(C)c3)no2)CC1. The quantitative estimate of drug-likeness (QED) is 0.525. The van der Waals surface area contributed by atoms with Gasteiger partial charge in [0.15, 0.2) is 0 Å². The number of rotatable bonds is 7. The Kier molecular flexibility index (Phi) is 7.04. The number of benzene rings is 2. The molecule has 1 fully saturated rings. The summed E-state index contributed by atoms with van der Waals surface area (Å²) >= 11 is 1.75. The fraction of sp³-hybridized carbons (Fsp3) is 0.375. The highest BCUT2D eigenvalue weighted by Crippen LogP contribution is 2.28. The Morgan fingerprint density at radius 2 is 2.00 bits per heavy atom. The van der Waals surface area contributed by atoms with Gasteiger partial charge >= 0.3 is 0 Å². The van der Waals surface area contributed by atoms with Crippen molar-refractivity contribution in [3.63, 3.8) is 0 Å². The molecule has 3 aromatic rings. The molecule has 1 aliphatic rings. The molecule has 1 aromatic heterocycles. The van der Waals surface area contributed by atoms with Crippen molar-refractivity contribution in [1.29, 1.82) is 0 Å². The lowest BCUT2D eigenvalue weighted by molar-refractivity contribution is -0.121. The number of nitrogens with one attached hydrogen (secondary N) is 1. The fourth-order valence-corrected chi connectivity index (χ4v) is 4.61. The van der Waals surface area contributed by atoms with Gasteiger partial charge in [-0.1, -0.05) is 48.0 Å². The average Bonchev–Trinajstić information content (AvgIpc) is 3.24. The molecular formula is C24H28N4O2S. The van der Waals surface area contributed by atoms with Gasteiger partial charge in [0.05, 0.1) is 12.2 Å². The van der Waals surface area contributed by atoms with Crippen LogP contribution < -0.4 is 5.32 Å². The predicted molar refractivity (Wildman–Crippen MR) is 124 cm³/mol. The first kappa shape index (κ1) is 21.6. The van der Waals surface area contributed by atoms with Crippen molar-refractivity contribution < 1.29 is 9.32 Å². The van der Waals surface area contributed by atoms with Gasteiger partial charge in [-0.2, -0.15) is 4.98 Å². The van der Waals surface area contributed by atoms with E-state index in [4.69, 9.17) is 4.52 Å². The van der Waals surface area contributed by atoms with E-state index in [1.165, 1.54) is 5.56 Å². The van der Waals surface area contributed by atoms with Crippen molar-refractivity contribution >= 4 is 23.4 Å². The molecule has 0 unspecified atom stereocenters. The molecule has 4 rings (SSSR count). The third-order valence-electron chi connectivity index (χ3n) is 5.51. The number of nitrogens with zero attached hydrogens (tertiary/aromatic N) is 3. The second-order valence-corrected chi connectivity index (χ2v) is 9.16. The molecule has 0 saturated carbocycles. The second-order valence-electron chi connectivity index (χ2n) is 7.85. The molecular weight excluding hydrogens is 408 g/mol. The highest BCUT2D eigenvalue weighted by Gasteiger charge is 2.26. The Morgan fingerprint density at radius 1 is 1.19 bits per heavy atom. The normalized spacial score (nSPS) is 15.2.